The highest BCUT2D eigenvalue weighted by Gasteiger charge is 2.38. The third kappa shape index (κ3) is 3.53. The maximum absolute atomic E-state index is 13.1. The van der Waals surface area contributed by atoms with Crippen LogP contribution >= 0.6 is 11.8 Å². The van der Waals surface area contributed by atoms with Crippen LogP contribution in [0, 0.1) is 0 Å². The number of nitrogens with one attached hydrogen (secondary N) is 2. The summed E-state index contributed by atoms with van der Waals surface area (Å²) >= 11 is 1.50. The largest absolute Gasteiger partial charge is 0.504 e. The first-order chi connectivity index (χ1) is 14.0. The summed E-state index contributed by atoms with van der Waals surface area (Å²) in [5.41, 5.74) is 2.31. The van der Waals surface area contributed by atoms with Crippen LogP contribution in [-0.2, 0) is 4.79 Å². The molecule has 0 saturated heterocycles. The number of aromatic hydroxyl groups is 1. The Morgan fingerprint density at radius 3 is 2.90 bits per heavy atom. The first kappa shape index (κ1) is 19.6. The van der Waals surface area contributed by atoms with E-state index in [1.165, 1.54) is 24.9 Å². The van der Waals surface area contributed by atoms with Crippen LogP contribution in [0.25, 0.3) is 0 Å². The Bertz CT molecular complexity index is 1060. The summed E-state index contributed by atoms with van der Waals surface area (Å²) in [7, 11) is 1.47. The monoisotopic (exact) mass is 413 g/mol. The molecule has 0 fully saturated rings. The number of ketones is 1. The minimum absolute atomic E-state index is 0.00734. The van der Waals surface area contributed by atoms with Crippen molar-refractivity contribution in [3.63, 3.8) is 0 Å². The van der Waals surface area contributed by atoms with Gasteiger partial charge >= 0.3 is 0 Å². The summed E-state index contributed by atoms with van der Waals surface area (Å²) in [4.78, 5) is 33.4. The average molecular weight is 413 g/mol. The van der Waals surface area contributed by atoms with Crippen LogP contribution in [0.4, 0.5) is 5.82 Å². The zero-order chi connectivity index (χ0) is 20.5. The Morgan fingerprint density at radius 1 is 1.31 bits per heavy atom. The van der Waals surface area contributed by atoms with Gasteiger partial charge in [0.25, 0.3) is 5.56 Å². The number of hydrogen-bond donors (Lipinski definition) is 3. The quantitative estimate of drug-likeness (QED) is 0.509. The molecule has 7 nitrogen and oxygen atoms in total. The maximum atomic E-state index is 13.1. The van der Waals surface area contributed by atoms with Crippen LogP contribution < -0.4 is 15.6 Å². The van der Waals surface area contributed by atoms with Crippen molar-refractivity contribution >= 4 is 23.4 Å². The van der Waals surface area contributed by atoms with E-state index in [2.05, 4.69) is 22.2 Å². The van der Waals surface area contributed by atoms with Crippen molar-refractivity contribution in [1.29, 1.82) is 0 Å². The molecule has 1 aromatic carbocycles. The van der Waals surface area contributed by atoms with Gasteiger partial charge < -0.3 is 20.1 Å². The molecule has 0 spiro atoms. The number of rotatable bonds is 5. The second-order valence-electron chi connectivity index (χ2n) is 7.14. The highest BCUT2D eigenvalue weighted by molar-refractivity contribution is 7.99. The van der Waals surface area contributed by atoms with Gasteiger partial charge in [-0.15, -0.1) is 0 Å². The number of phenols is 1. The predicted molar refractivity (Wildman–Crippen MR) is 112 cm³/mol. The molecule has 0 radical (unpaired) electrons. The molecule has 1 atom stereocenters. The lowest BCUT2D eigenvalue weighted by atomic mass is 9.76. The van der Waals surface area contributed by atoms with Gasteiger partial charge in [0.15, 0.2) is 22.4 Å². The molecule has 2 aliphatic rings. The molecular formula is C21H23N3O4S. The number of nitrogens with zero attached hydrogens (tertiary/aromatic N) is 1. The van der Waals surface area contributed by atoms with Crippen molar-refractivity contribution < 1.29 is 14.6 Å². The Hall–Kier alpha value is -2.74. The van der Waals surface area contributed by atoms with Crippen LogP contribution in [0.2, 0.25) is 0 Å². The number of aromatic nitrogens is 2. The zero-order valence-electron chi connectivity index (χ0n) is 16.4. The number of thioether (sulfide) groups is 1. The van der Waals surface area contributed by atoms with Crippen LogP contribution in [0.1, 0.15) is 49.7 Å². The molecular weight excluding hydrogens is 390 g/mol. The maximum Gasteiger partial charge on any atom is 0.257 e. The fourth-order valence-corrected chi connectivity index (χ4v) is 4.63. The first-order valence-corrected chi connectivity index (χ1v) is 10.7. The molecule has 0 amide bonds. The van der Waals surface area contributed by atoms with Crippen LogP contribution in [-0.4, -0.2) is 33.7 Å². The summed E-state index contributed by atoms with van der Waals surface area (Å²) in [5, 5.41) is 13.8. The molecule has 1 aliphatic carbocycles. The SMILES string of the molecule is CCCSc1nc2c(c(=O)[nH]1)[C@H](c1ccc(O)c(OC)c1)C1=C(CCCC1=O)N2. The van der Waals surface area contributed by atoms with Gasteiger partial charge in [0.05, 0.1) is 12.7 Å². The summed E-state index contributed by atoms with van der Waals surface area (Å²) in [5.74, 6) is 1.14. The van der Waals surface area contributed by atoms with E-state index < -0.39 is 5.92 Å². The molecule has 0 bridgehead atoms. The van der Waals surface area contributed by atoms with E-state index in [9.17, 15) is 14.7 Å². The Labute approximate surface area is 172 Å². The van der Waals surface area contributed by atoms with Gasteiger partial charge in [-0.1, -0.05) is 24.8 Å². The minimum Gasteiger partial charge on any atom is -0.504 e. The van der Waals surface area contributed by atoms with Gasteiger partial charge in [-0.3, -0.25) is 9.59 Å². The summed E-state index contributed by atoms with van der Waals surface area (Å²) in [6.07, 6.45) is 2.93. The number of carbonyl (C=O) groups excluding carboxylic acids is 1. The number of phenolic OH excluding ortho intramolecular Hbond substituents is 1. The lowest BCUT2D eigenvalue weighted by Gasteiger charge is -2.33. The number of aromatic amines is 1. The number of allylic oxidation sites excluding steroid dienone is 2. The van der Waals surface area contributed by atoms with Crippen molar-refractivity contribution in [2.45, 2.75) is 43.7 Å². The topological polar surface area (TPSA) is 104 Å². The minimum atomic E-state index is -0.551. The zero-order valence-corrected chi connectivity index (χ0v) is 17.2. The molecule has 152 valence electrons. The summed E-state index contributed by atoms with van der Waals surface area (Å²) in [6.45, 7) is 2.07. The van der Waals surface area contributed by atoms with Crippen LogP contribution in [0.3, 0.4) is 0 Å². The summed E-state index contributed by atoms with van der Waals surface area (Å²) in [6, 6.07) is 4.93. The number of H-pyrrole nitrogens is 1. The van der Waals surface area contributed by atoms with Crippen molar-refractivity contribution in [3.05, 3.63) is 50.9 Å². The van der Waals surface area contributed by atoms with Crippen molar-refractivity contribution in [2.75, 3.05) is 18.2 Å². The third-order valence-electron chi connectivity index (χ3n) is 5.22. The molecule has 1 aromatic heterocycles. The number of benzene rings is 1. The van der Waals surface area contributed by atoms with Crippen molar-refractivity contribution in [2.24, 2.45) is 0 Å². The fraction of sp³-hybridized carbons (Fsp3) is 0.381. The van der Waals surface area contributed by atoms with E-state index in [1.54, 1.807) is 12.1 Å². The molecule has 8 heteroatoms. The third-order valence-corrected chi connectivity index (χ3v) is 6.30. The predicted octanol–water partition coefficient (Wildman–Crippen LogP) is 3.55. The number of methoxy groups -OCH3 is 1. The van der Waals surface area contributed by atoms with Gasteiger partial charge in [0.2, 0.25) is 0 Å². The molecule has 0 saturated carbocycles. The molecule has 4 rings (SSSR count). The van der Waals surface area contributed by atoms with Crippen molar-refractivity contribution in [3.8, 4) is 11.5 Å². The fourth-order valence-electron chi connectivity index (χ4n) is 3.91. The van der Waals surface area contributed by atoms with Gasteiger partial charge in [-0.05, 0) is 37.0 Å². The molecule has 1 aliphatic heterocycles. The standard InChI is InChI=1S/C21H23N3O4S/c1-3-9-29-21-23-19-18(20(27)24-21)16(11-7-8-13(25)15(10-11)28-2)17-12(22-19)5-4-6-14(17)26/h7-8,10,16,25H,3-6,9H2,1-2H3,(H2,22,23,24,27)/t16-/m1/s1. The number of ether oxygens (including phenoxy) is 1. The van der Waals surface area contributed by atoms with E-state index in [1.807, 2.05) is 0 Å². The second kappa shape index (κ2) is 7.94. The van der Waals surface area contributed by atoms with Gasteiger partial charge in [0, 0.05) is 29.4 Å². The molecule has 3 N–H and O–H groups in total. The number of Topliss-reactive ketones (excluding diaryl/α,β-unsaturated/α-hetero) is 1. The van der Waals surface area contributed by atoms with Gasteiger partial charge in [0.1, 0.15) is 5.82 Å². The lowest BCUT2D eigenvalue weighted by Crippen LogP contribution is -2.32. The van der Waals surface area contributed by atoms with Gasteiger partial charge in [-0.2, -0.15) is 0 Å². The van der Waals surface area contributed by atoms with E-state index >= 15 is 0 Å². The lowest BCUT2D eigenvalue weighted by molar-refractivity contribution is -0.116. The van der Waals surface area contributed by atoms with Crippen LogP contribution in [0.5, 0.6) is 11.5 Å². The van der Waals surface area contributed by atoms with E-state index in [0.717, 1.165) is 30.7 Å². The number of hydrogen-bond acceptors (Lipinski definition) is 7. The Kier molecular flexibility index (Phi) is 5.36. The van der Waals surface area contributed by atoms with E-state index in [-0.39, 0.29) is 17.1 Å². The smallest absolute Gasteiger partial charge is 0.257 e. The second-order valence-corrected chi connectivity index (χ2v) is 8.22. The highest BCUT2D eigenvalue weighted by Crippen LogP contribution is 2.44. The van der Waals surface area contributed by atoms with Crippen molar-refractivity contribution in [1.82, 2.24) is 9.97 Å². The molecule has 29 heavy (non-hydrogen) atoms. The molecule has 0 unspecified atom stereocenters. The first-order valence-electron chi connectivity index (χ1n) is 9.70. The Balaban J connectivity index is 1.91. The average Bonchev–Trinajstić information content (AvgIpc) is 2.71. The Morgan fingerprint density at radius 2 is 2.14 bits per heavy atom. The van der Waals surface area contributed by atoms with Gasteiger partial charge in [-0.25, -0.2) is 4.98 Å². The van der Waals surface area contributed by atoms with Crippen LogP contribution in [0.15, 0.2) is 39.4 Å². The normalized spacial score (nSPS) is 18.1. The number of carbonyl (C=O) groups is 1. The van der Waals surface area contributed by atoms with E-state index in [0.29, 0.717) is 39.8 Å². The number of fused-ring (bicyclic) bond motifs is 1. The summed E-state index contributed by atoms with van der Waals surface area (Å²) < 4.78 is 5.25. The molecule has 2 heterocycles. The van der Waals surface area contributed by atoms with E-state index in [4.69, 9.17) is 4.74 Å². The highest BCUT2D eigenvalue weighted by atomic mass is 32.2. The molecule has 2 aromatic rings. The number of anilines is 1.